The standard InChI is InChI=1S/C10H16O2S/c1-2-9-4-5-10(12-9)8-13-7-3-6-11/h4-5,11H,2-3,6-8H2,1H3. The summed E-state index contributed by atoms with van der Waals surface area (Å²) in [4.78, 5) is 0. The van der Waals surface area contributed by atoms with Gasteiger partial charge in [-0.3, -0.25) is 0 Å². The highest BCUT2D eigenvalue weighted by Gasteiger charge is 1.99. The topological polar surface area (TPSA) is 33.4 Å². The Morgan fingerprint density at radius 3 is 2.77 bits per heavy atom. The summed E-state index contributed by atoms with van der Waals surface area (Å²) in [7, 11) is 0. The molecule has 74 valence electrons. The normalized spacial score (nSPS) is 10.6. The molecule has 13 heavy (non-hydrogen) atoms. The molecular formula is C10H16O2S. The monoisotopic (exact) mass is 200 g/mol. The Bertz CT molecular complexity index is 233. The van der Waals surface area contributed by atoms with Crippen molar-refractivity contribution in [2.75, 3.05) is 12.4 Å². The number of hydrogen-bond donors (Lipinski definition) is 1. The van der Waals surface area contributed by atoms with Crippen molar-refractivity contribution in [1.29, 1.82) is 0 Å². The maximum absolute atomic E-state index is 8.57. The first-order valence-corrected chi connectivity index (χ1v) is 5.78. The van der Waals surface area contributed by atoms with Crippen LogP contribution >= 0.6 is 11.8 Å². The van der Waals surface area contributed by atoms with E-state index in [-0.39, 0.29) is 6.61 Å². The van der Waals surface area contributed by atoms with Crippen LogP contribution < -0.4 is 0 Å². The fraction of sp³-hybridized carbons (Fsp3) is 0.600. The van der Waals surface area contributed by atoms with E-state index in [1.54, 1.807) is 11.8 Å². The fourth-order valence-corrected chi connectivity index (χ4v) is 1.86. The molecule has 0 unspecified atom stereocenters. The number of aliphatic hydroxyl groups excluding tert-OH is 1. The van der Waals surface area contributed by atoms with Gasteiger partial charge in [0.15, 0.2) is 0 Å². The van der Waals surface area contributed by atoms with Gasteiger partial charge in [0.05, 0.1) is 5.75 Å². The first kappa shape index (κ1) is 10.7. The van der Waals surface area contributed by atoms with Gasteiger partial charge in [0.2, 0.25) is 0 Å². The van der Waals surface area contributed by atoms with Gasteiger partial charge in [-0.2, -0.15) is 11.8 Å². The van der Waals surface area contributed by atoms with Crippen LogP contribution in [0.5, 0.6) is 0 Å². The van der Waals surface area contributed by atoms with Crippen molar-refractivity contribution in [2.24, 2.45) is 0 Å². The van der Waals surface area contributed by atoms with Crippen LogP contribution in [0.15, 0.2) is 16.5 Å². The number of aliphatic hydroxyl groups is 1. The third-order valence-corrected chi connectivity index (χ3v) is 2.82. The van der Waals surface area contributed by atoms with Crippen molar-refractivity contribution in [1.82, 2.24) is 0 Å². The van der Waals surface area contributed by atoms with Gasteiger partial charge < -0.3 is 9.52 Å². The largest absolute Gasteiger partial charge is 0.465 e. The van der Waals surface area contributed by atoms with E-state index >= 15 is 0 Å². The first-order valence-electron chi connectivity index (χ1n) is 4.63. The third-order valence-electron chi connectivity index (χ3n) is 1.76. The molecule has 0 aromatic carbocycles. The van der Waals surface area contributed by atoms with Crippen LogP contribution in [0.1, 0.15) is 24.9 Å². The Morgan fingerprint density at radius 2 is 2.15 bits per heavy atom. The van der Waals surface area contributed by atoms with Crippen LogP contribution in [0, 0.1) is 0 Å². The van der Waals surface area contributed by atoms with Crippen LogP contribution in [0.4, 0.5) is 0 Å². The second-order valence-electron chi connectivity index (χ2n) is 2.85. The molecule has 0 aliphatic heterocycles. The van der Waals surface area contributed by atoms with Gasteiger partial charge in [0.25, 0.3) is 0 Å². The minimum absolute atomic E-state index is 0.283. The highest BCUT2D eigenvalue weighted by Crippen LogP contribution is 2.16. The summed E-state index contributed by atoms with van der Waals surface area (Å²) in [6.07, 6.45) is 1.83. The van der Waals surface area contributed by atoms with E-state index < -0.39 is 0 Å². The Labute approximate surface area is 83.3 Å². The predicted molar refractivity (Wildman–Crippen MR) is 56.0 cm³/mol. The average Bonchev–Trinajstić information content (AvgIpc) is 2.60. The van der Waals surface area contributed by atoms with Crippen LogP contribution in [0.2, 0.25) is 0 Å². The summed E-state index contributed by atoms with van der Waals surface area (Å²) >= 11 is 1.80. The molecule has 1 N–H and O–H groups in total. The molecule has 0 fully saturated rings. The van der Waals surface area contributed by atoms with Gasteiger partial charge >= 0.3 is 0 Å². The van der Waals surface area contributed by atoms with E-state index in [0.29, 0.717) is 0 Å². The molecule has 0 saturated carbocycles. The van der Waals surface area contributed by atoms with Crippen molar-refractivity contribution in [3.63, 3.8) is 0 Å². The Balaban J connectivity index is 2.20. The van der Waals surface area contributed by atoms with Gasteiger partial charge in [0.1, 0.15) is 11.5 Å². The molecule has 1 aromatic heterocycles. The van der Waals surface area contributed by atoms with Gasteiger partial charge in [-0.15, -0.1) is 0 Å². The van der Waals surface area contributed by atoms with E-state index in [4.69, 9.17) is 9.52 Å². The lowest BCUT2D eigenvalue weighted by Crippen LogP contribution is -1.86. The van der Waals surface area contributed by atoms with Crippen LogP contribution in [-0.2, 0) is 12.2 Å². The maximum atomic E-state index is 8.57. The van der Waals surface area contributed by atoms with Gasteiger partial charge in [-0.05, 0) is 24.3 Å². The van der Waals surface area contributed by atoms with Crippen molar-refractivity contribution in [2.45, 2.75) is 25.5 Å². The maximum Gasteiger partial charge on any atom is 0.114 e. The van der Waals surface area contributed by atoms with Gasteiger partial charge in [0, 0.05) is 13.0 Å². The molecule has 0 spiro atoms. The molecule has 1 heterocycles. The predicted octanol–water partition coefficient (Wildman–Crippen LogP) is 2.46. The number of furan rings is 1. The lowest BCUT2D eigenvalue weighted by Gasteiger charge is -1.96. The Hall–Kier alpha value is -0.410. The lowest BCUT2D eigenvalue weighted by atomic mass is 10.4. The lowest BCUT2D eigenvalue weighted by molar-refractivity contribution is 0.296. The van der Waals surface area contributed by atoms with Crippen molar-refractivity contribution in [3.05, 3.63) is 23.7 Å². The summed E-state index contributed by atoms with van der Waals surface area (Å²) in [6, 6.07) is 4.06. The molecule has 0 aliphatic carbocycles. The van der Waals surface area contributed by atoms with Crippen LogP contribution in [0.3, 0.4) is 0 Å². The SMILES string of the molecule is CCc1ccc(CSCCCO)o1. The number of aryl methyl sites for hydroxylation is 1. The molecule has 0 amide bonds. The fourth-order valence-electron chi connectivity index (χ4n) is 1.03. The molecule has 0 saturated heterocycles. The quantitative estimate of drug-likeness (QED) is 0.716. The van der Waals surface area contributed by atoms with E-state index in [0.717, 1.165) is 35.9 Å². The van der Waals surface area contributed by atoms with E-state index in [9.17, 15) is 0 Å². The molecule has 1 rings (SSSR count). The molecule has 0 atom stereocenters. The van der Waals surface area contributed by atoms with Gasteiger partial charge in [-0.25, -0.2) is 0 Å². The van der Waals surface area contributed by atoms with E-state index in [2.05, 4.69) is 6.92 Å². The minimum Gasteiger partial charge on any atom is -0.465 e. The summed E-state index contributed by atoms with van der Waals surface area (Å²) in [5.74, 6) is 4.01. The van der Waals surface area contributed by atoms with E-state index in [1.165, 1.54) is 0 Å². The summed E-state index contributed by atoms with van der Waals surface area (Å²) in [5.41, 5.74) is 0. The number of hydrogen-bond acceptors (Lipinski definition) is 3. The Kier molecular flexibility index (Phi) is 5.01. The van der Waals surface area contributed by atoms with Crippen molar-refractivity contribution >= 4 is 11.8 Å². The van der Waals surface area contributed by atoms with Crippen molar-refractivity contribution in [3.8, 4) is 0 Å². The minimum atomic E-state index is 0.283. The van der Waals surface area contributed by atoms with Crippen molar-refractivity contribution < 1.29 is 9.52 Å². The van der Waals surface area contributed by atoms with Crippen LogP contribution in [0.25, 0.3) is 0 Å². The van der Waals surface area contributed by atoms with Crippen LogP contribution in [-0.4, -0.2) is 17.5 Å². The highest BCUT2D eigenvalue weighted by atomic mass is 32.2. The smallest absolute Gasteiger partial charge is 0.114 e. The zero-order chi connectivity index (χ0) is 9.52. The summed E-state index contributed by atoms with van der Waals surface area (Å²) in [5, 5.41) is 8.57. The Morgan fingerprint density at radius 1 is 1.38 bits per heavy atom. The molecular weight excluding hydrogens is 184 g/mol. The second kappa shape index (κ2) is 6.11. The molecule has 3 heteroatoms. The molecule has 0 aliphatic rings. The molecule has 0 bridgehead atoms. The number of rotatable bonds is 6. The zero-order valence-electron chi connectivity index (χ0n) is 7.95. The first-order chi connectivity index (χ1) is 6.36. The summed E-state index contributed by atoms with van der Waals surface area (Å²) in [6.45, 7) is 2.37. The van der Waals surface area contributed by atoms with E-state index in [1.807, 2.05) is 12.1 Å². The number of thioether (sulfide) groups is 1. The highest BCUT2D eigenvalue weighted by molar-refractivity contribution is 7.98. The second-order valence-corrected chi connectivity index (χ2v) is 3.96. The summed E-state index contributed by atoms with van der Waals surface area (Å²) < 4.78 is 5.53. The zero-order valence-corrected chi connectivity index (χ0v) is 8.77. The molecule has 0 radical (unpaired) electrons. The molecule has 2 nitrogen and oxygen atoms in total. The molecule has 1 aromatic rings. The average molecular weight is 200 g/mol. The third kappa shape index (κ3) is 3.87. The van der Waals surface area contributed by atoms with Gasteiger partial charge in [-0.1, -0.05) is 6.92 Å².